The first-order chi connectivity index (χ1) is 9.18. The lowest BCUT2D eigenvalue weighted by Gasteiger charge is -2.26. The highest BCUT2D eigenvalue weighted by Crippen LogP contribution is 2.19. The Kier molecular flexibility index (Phi) is 5.56. The quantitative estimate of drug-likeness (QED) is 0.874. The average molecular weight is 289 g/mol. The Morgan fingerprint density at radius 2 is 1.80 bits per heavy atom. The summed E-state index contributed by atoms with van der Waals surface area (Å²) >= 11 is 0. The van der Waals surface area contributed by atoms with E-state index >= 15 is 0 Å². The molecular formula is C14H18F3NO2. The van der Waals surface area contributed by atoms with E-state index in [1.54, 1.807) is 13.8 Å². The first-order valence-electron chi connectivity index (χ1n) is 6.17. The van der Waals surface area contributed by atoms with Gasteiger partial charge in [0.25, 0.3) is 0 Å². The molecule has 0 aliphatic rings. The third kappa shape index (κ3) is 7.13. The maximum Gasteiger partial charge on any atom is 0.397 e. The summed E-state index contributed by atoms with van der Waals surface area (Å²) in [5.74, 6) is -1.05. The molecule has 20 heavy (non-hydrogen) atoms. The van der Waals surface area contributed by atoms with Crippen molar-refractivity contribution in [3.63, 3.8) is 0 Å². The van der Waals surface area contributed by atoms with Crippen molar-refractivity contribution >= 4 is 5.91 Å². The van der Waals surface area contributed by atoms with Gasteiger partial charge in [0.2, 0.25) is 5.91 Å². The maximum atomic E-state index is 12.1. The highest BCUT2D eigenvalue weighted by atomic mass is 19.4. The van der Waals surface area contributed by atoms with E-state index in [4.69, 9.17) is 4.74 Å². The molecule has 0 fully saturated rings. The van der Waals surface area contributed by atoms with Crippen LogP contribution in [0.4, 0.5) is 13.2 Å². The number of carbonyl (C=O) groups is 1. The minimum Gasteiger partial charge on any atom is -0.374 e. The van der Waals surface area contributed by atoms with Crippen LogP contribution in [-0.4, -0.2) is 24.2 Å². The van der Waals surface area contributed by atoms with Gasteiger partial charge in [0.15, 0.2) is 0 Å². The van der Waals surface area contributed by atoms with Crippen LogP contribution in [0.3, 0.4) is 0 Å². The van der Waals surface area contributed by atoms with Crippen molar-refractivity contribution in [2.45, 2.75) is 38.6 Å². The molecular weight excluding hydrogens is 271 g/mol. The molecule has 0 aromatic heterocycles. The van der Waals surface area contributed by atoms with E-state index in [-0.39, 0.29) is 6.61 Å². The number of amides is 1. The number of benzene rings is 1. The van der Waals surface area contributed by atoms with Crippen molar-refractivity contribution in [1.29, 1.82) is 0 Å². The zero-order valence-electron chi connectivity index (χ0n) is 11.5. The Balaban J connectivity index is 2.36. The van der Waals surface area contributed by atoms with E-state index in [0.29, 0.717) is 6.61 Å². The second-order valence-electron chi connectivity index (χ2n) is 5.20. The van der Waals surface area contributed by atoms with Crippen molar-refractivity contribution < 1.29 is 22.7 Å². The summed E-state index contributed by atoms with van der Waals surface area (Å²) in [5.41, 5.74) is 0.113. The van der Waals surface area contributed by atoms with Crippen LogP contribution >= 0.6 is 0 Å². The van der Waals surface area contributed by atoms with Gasteiger partial charge in [0.05, 0.1) is 18.8 Å². The summed E-state index contributed by atoms with van der Waals surface area (Å²) in [5, 5.41) is 2.32. The van der Waals surface area contributed by atoms with Crippen molar-refractivity contribution in [3.8, 4) is 0 Å². The minimum absolute atomic E-state index is 0.130. The molecule has 0 heterocycles. The zero-order chi connectivity index (χ0) is 15.2. The van der Waals surface area contributed by atoms with Gasteiger partial charge in [-0.15, -0.1) is 0 Å². The van der Waals surface area contributed by atoms with Gasteiger partial charge in [-0.2, -0.15) is 13.2 Å². The fraction of sp³-hybridized carbons (Fsp3) is 0.500. The second kappa shape index (κ2) is 6.74. The minimum atomic E-state index is -4.49. The van der Waals surface area contributed by atoms with Gasteiger partial charge in [-0.05, 0) is 19.4 Å². The standard InChI is InChI=1S/C14H18F3NO2/c1-13(2,18-12(19)8-14(15,16)17)10-20-9-11-6-4-3-5-7-11/h3-7H,8-10H2,1-2H3,(H,18,19). The van der Waals surface area contributed by atoms with Crippen LogP contribution in [-0.2, 0) is 16.1 Å². The summed E-state index contributed by atoms with van der Waals surface area (Å²) in [7, 11) is 0. The molecule has 1 aromatic carbocycles. The molecule has 1 aromatic rings. The largest absolute Gasteiger partial charge is 0.397 e. The van der Waals surface area contributed by atoms with Crippen molar-refractivity contribution in [3.05, 3.63) is 35.9 Å². The summed E-state index contributed by atoms with van der Waals surface area (Å²) < 4.78 is 41.6. The summed E-state index contributed by atoms with van der Waals surface area (Å²) in [6.07, 6.45) is -5.97. The fourth-order valence-corrected chi connectivity index (χ4v) is 1.64. The number of hydrogen-bond acceptors (Lipinski definition) is 2. The van der Waals surface area contributed by atoms with Crippen LogP contribution < -0.4 is 5.32 Å². The third-order valence-electron chi connectivity index (χ3n) is 2.41. The monoisotopic (exact) mass is 289 g/mol. The van der Waals surface area contributed by atoms with Crippen LogP contribution in [0.1, 0.15) is 25.8 Å². The van der Waals surface area contributed by atoms with Gasteiger partial charge in [0, 0.05) is 0 Å². The molecule has 0 aliphatic carbocycles. The lowest BCUT2D eigenvalue weighted by molar-refractivity contribution is -0.155. The van der Waals surface area contributed by atoms with E-state index in [9.17, 15) is 18.0 Å². The lowest BCUT2D eigenvalue weighted by Crippen LogP contribution is -2.48. The molecule has 0 radical (unpaired) electrons. The first kappa shape index (κ1) is 16.5. The van der Waals surface area contributed by atoms with Gasteiger partial charge in [0.1, 0.15) is 6.42 Å². The Labute approximate surface area is 116 Å². The predicted octanol–water partition coefficient (Wildman–Crippen LogP) is 3.05. The number of carbonyl (C=O) groups excluding carboxylic acids is 1. The van der Waals surface area contributed by atoms with Crippen molar-refractivity contribution in [2.75, 3.05) is 6.61 Å². The number of halogens is 3. The Morgan fingerprint density at radius 1 is 1.20 bits per heavy atom. The number of ether oxygens (including phenoxy) is 1. The van der Waals surface area contributed by atoms with Crippen LogP contribution in [0.15, 0.2) is 30.3 Å². The molecule has 112 valence electrons. The van der Waals surface area contributed by atoms with E-state index in [0.717, 1.165) is 5.56 Å². The molecule has 6 heteroatoms. The van der Waals surface area contributed by atoms with Crippen molar-refractivity contribution in [1.82, 2.24) is 5.32 Å². The summed E-state index contributed by atoms with van der Waals surface area (Å²) in [6.45, 7) is 3.71. The SMILES string of the molecule is CC(C)(COCc1ccccc1)NC(=O)CC(F)(F)F. The Hall–Kier alpha value is -1.56. The van der Waals surface area contributed by atoms with Crippen LogP contribution in [0.25, 0.3) is 0 Å². The lowest BCUT2D eigenvalue weighted by atomic mass is 10.1. The molecule has 0 aliphatic heterocycles. The molecule has 1 N–H and O–H groups in total. The number of alkyl halides is 3. The normalized spacial score (nSPS) is 12.2. The Morgan fingerprint density at radius 3 is 2.35 bits per heavy atom. The molecule has 0 spiro atoms. The van der Waals surface area contributed by atoms with E-state index in [1.165, 1.54) is 0 Å². The highest BCUT2D eigenvalue weighted by Gasteiger charge is 2.33. The topological polar surface area (TPSA) is 38.3 Å². The maximum absolute atomic E-state index is 12.1. The Bertz CT molecular complexity index is 430. The average Bonchev–Trinajstić information content (AvgIpc) is 2.26. The molecule has 0 bridgehead atoms. The number of nitrogens with one attached hydrogen (secondary N) is 1. The molecule has 1 amide bonds. The van der Waals surface area contributed by atoms with Gasteiger partial charge in [-0.1, -0.05) is 30.3 Å². The molecule has 1 rings (SSSR count). The van der Waals surface area contributed by atoms with Crippen LogP contribution in [0.5, 0.6) is 0 Å². The van der Waals surface area contributed by atoms with E-state index in [2.05, 4.69) is 5.32 Å². The third-order valence-corrected chi connectivity index (χ3v) is 2.41. The van der Waals surface area contributed by atoms with Gasteiger partial charge >= 0.3 is 6.18 Å². The van der Waals surface area contributed by atoms with Crippen LogP contribution in [0, 0.1) is 0 Å². The highest BCUT2D eigenvalue weighted by molar-refractivity contribution is 5.77. The van der Waals surface area contributed by atoms with Gasteiger partial charge < -0.3 is 10.1 Å². The van der Waals surface area contributed by atoms with Gasteiger partial charge in [-0.3, -0.25) is 4.79 Å². The molecule has 0 saturated heterocycles. The van der Waals surface area contributed by atoms with Crippen LogP contribution in [0.2, 0.25) is 0 Å². The fourth-order valence-electron chi connectivity index (χ4n) is 1.64. The molecule has 0 atom stereocenters. The van der Waals surface area contributed by atoms with Gasteiger partial charge in [-0.25, -0.2) is 0 Å². The second-order valence-corrected chi connectivity index (χ2v) is 5.20. The zero-order valence-corrected chi connectivity index (χ0v) is 11.5. The predicted molar refractivity (Wildman–Crippen MR) is 69.0 cm³/mol. The number of rotatable bonds is 6. The number of hydrogen-bond donors (Lipinski definition) is 1. The van der Waals surface area contributed by atoms with E-state index in [1.807, 2.05) is 30.3 Å². The summed E-state index contributed by atoms with van der Waals surface area (Å²) in [4.78, 5) is 11.2. The molecule has 0 unspecified atom stereocenters. The summed E-state index contributed by atoms with van der Waals surface area (Å²) in [6, 6.07) is 9.39. The van der Waals surface area contributed by atoms with Crippen molar-refractivity contribution in [2.24, 2.45) is 0 Å². The van der Waals surface area contributed by atoms with E-state index < -0.39 is 24.0 Å². The molecule has 3 nitrogen and oxygen atoms in total. The first-order valence-corrected chi connectivity index (χ1v) is 6.17. The smallest absolute Gasteiger partial charge is 0.374 e. The molecule has 0 saturated carbocycles.